The van der Waals surface area contributed by atoms with Crippen LogP contribution in [0.25, 0.3) is 22.2 Å². The van der Waals surface area contributed by atoms with Gasteiger partial charge in [0.25, 0.3) is 5.91 Å². The predicted octanol–water partition coefficient (Wildman–Crippen LogP) is 4.93. The summed E-state index contributed by atoms with van der Waals surface area (Å²) in [6, 6.07) is 15.2. The molecule has 0 bridgehead atoms. The fourth-order valence-electron chi connectivity index (χ4n) is 2.94. The number of rotatable bonds is 4. The minimum atomic E-state index is -0.203. The molecule has 0 unspecified atom stereocenters. The molecule has 27 heavy (non-hydrogen) atoms. The number of carbonyl (C=O) groups is 1. The number of aromatic nitrogens is 2. The Bertz CT molecular complexity index is 1130. The van der Waals surface area contributed by atoms with E-state index in [4.69, 9.17) is 4.74 Å². The summed E-state index contributed by atoms with van der Waals surface area (Å²) in [4.78, 5) is 21.6. The molecular weight excluding hydrogens is 358 g/mol. The summed E-state index contributed by atoms with van der Waals surface area (Å²) in [5.74, 6) is 0.551. The van der Waals surface area contributed by atoms with Crippen LogP contribution in [0.5, 0.6) is 5.75 Å². The lowest BCUT2D eigenvalue weighted by atomic mass is 10.1. The largest absolute Gasteiger partial charge is 0.496 e. The number of pyridine rings is 1. The van der Waals surface area contributed by atoms with Gasteiger partial charge in [0.1, 0.15) is 5.75 Å². The monoisotopic (exact) mass is 375 g/mol. The molecule has 1 amide bonds. The third-order valence-corrected chi connectivity index (χ3v) is 5.00. The molecule has 0 atom stereocenters. The van der Waals surface area contributed by atoms with E-state index in [9.17, 15) is 4.79 Å². The second kappa shape index (κ2) is 7.17. The van der Waals surface area contributed by atoms with E-state index in [1.807, 2.05) is 54.8 Å². The van der Waals surface area contributed by atoms with Crippen LogP contribution < -0.4 is 10.1 Å². The molecule has 0 radical (unpaired) electrons. The van der Waals surface area contributed by atoms with Crippen molar-refractivity contribution < 1.29 is 9.53 Å². The molecule has 2 aromatic carbocycles. The summed E-state index contributed by atoms with van der Waals surface area (Å²) in [7, 11) is 1.64. The highest BCUT2D eigenvalue weighted by Crippen LogP contribution is 2.33. The topological polar surface area (TPSA) is 64.1 Å². The summed E-state index contributed by atoms with van der Waals surface area (Å²) in [5.41, 5.74) is 4.16. The quantitative estimate of drug-likeness (QED) is 0.549. The molecule has 2 aromatic heterocycles. The maximum absolute atomic E-state index is 12.8. The molecule has 0 spiro atoms. The zero-order valence-corrected chi connectivity index (χ0v) is 15.7. The lowest BCUT2D eigenvalue weighted by Crippen LogP contribution is -2.12. The number of thiazole rings is 1. The number of hydrogen-bond acceptors (Lipinski definition) is 5. The number of amides is 1. The van der Waals surface area contributed by atoms with E-state index in [1.165, 1.54) is 11.3 Å². The molecule has 0 aliphatic carbocycles. The zero-order valence-electron chi connectivity index (χ0n) is 14.9. The number of methoxy groups -OCH3 is 1. The van der Waals surface area contributed by atoms with E-state index in [1.54, 1.807) is 19.4 Å². The van der Waals surface area contributed by atoms with E-state index >= 15 is 0 Å². The highest BCUT2D eigenvalue weighted by atomic mass is 32.1. The van der Waals surface area contributed by atoms with Gasteiger partial charge in [0.2, 0.25) is 0 Å². The van der Waals surface area contributed by atoms with Crippen LogP contribution in [0.2, 0.25) is 0 Å². The fourth-order valence-corrected chi connectivity index (χ4v) is 3.65. The van der Waals surface area contributed by atoms with Gasteiger partial charge in [-0.1, -0.05) is 23.8 Å². The minimum absolute atomic E-state index is 0.203. The Morgan fingerprint density at radius 2 is 2.04 bits per heavy atom. The maximum Gasteiger partial charge on any atom is 0.258 e. The van der Waals surface area contributed by atoms with Gasteiger partial charge in [-0.25, -0.2) is 4.98 Å². The van der Waals surface area contributed by atoms with Crippen molar-refractivity contribution in [2.75, 3.05) is 12.4 Å². The molecule has 5 nitrogen and oxygen atoms in total. The molecule has 1 N–H and O–H groups in total. The molecule has 0 aliphatic heterocycles. The standard InChI is InChI=1S/C21H17N3O2S/c1-13-8-9-19(26-2)16(11-13)18-12-27-21(23-18)24-20(25)15-5-3-7-17-14(15)6-4-10-22-17/h3-12H,1-2H3,(H,23,24,25). The number of fused-ring (bicyclic) bond motifs is 1. The van der Waals surface area contributed by atoms with Crippen LogP contribution in [-0.4, -0.2) is 23.0 Å². The van der Waals surface area contributed by atoms with Crippen molar-refractivity contribution in [2.24, 2.45) is 0 Å². The number of aryl methyl sites for hydroxylation is 1. The average Bonchev–Trinajstić information content (AvgIpc) is 3.15. The van der Waals surface area contributed by atoms with Gasteiger partial charge in [-0.15, -0.1) is 11.3 Å². The average molecular weight is 375 g/mol. The van der Waals surface area contributed by atoms with Crippen molar-refractivity contribution in [1.29, 1.82) is 0 Å². The van der Waals surface area contributed by atoms with Crippen LogP contribution in [0.3, 0.4) is 0 Å². The Kier molecular flexibility index (Phi) is 4.56. The van der Waals surface area contributed by atoms with Gasteiger partial charge in [0.05, 0.1) is 18.3 Å². The summed E-state index contributed by atoms with van der Waals surface area (Å²) in [6.07, 6.45) is 1.71. The third-order valence-electron chi connectivity index (χ3n) is 4.25. The van der Waals surface area contributed by atoms with Crippen molar-refractivity contribution in [2.45, 2.75) is 6.92 Å². The lowest BCUT2D eigenvalue weighted by Gasteiger charge is -2.07. The summed E-state index contributed by atoms with van der Waals surface area (Å²) in [6.45, 7) is 2.02. The molecule has 4 rings (SSSR count). The molecule has 0 fully saturated rings. The third kappa shape index (κ3) is 3.39. The van der Waals surface area contributed by atoms with Crippen molar-refractivity contribution >= 4 is 33.3 Å². The molecule has 0 saturated carbocycles. The summed E-state index contributed by atoms with van der Waals surface area (Å²) < 4.78 is 5.43. The first-order chi connectivity index (χ1) is 13.2. The number of nitrogens with one attached hydrogen (secondary N) is 1. The Morgan fingerprint density at radius 1 is 1.15 bits per heavy atom. The smallest absolute Gasteiger partial charge is 0.258 e. The number of anilines is 1. The maximum atomic E-state index is 12.8. The van der Waals surface area contributed by atoms with E-state index in [-0.39, 0.29) is 5.91 Å². The Labute approximate surface area is 160 Å². The Balaban J connectivity index is 1.63. The van der Waals surface area contributed by atoms with Gasteiger partial charge >= 0.3 is 0 Å². The molecule has 134 valence electrons. The summed E-state index contributed by atoms with van der Waals surface area (Å²) in [5, 5.41) is 6.16. The van der Waals surface area contributed by atoms with Gasteiger partial charge < -0.3 is 4.74 Å². The SMILES string of the molecule is COc1ccc(C)cc1-c1csc(NC(=O)c2cccc3ncccc23)n1. The fraction of sp³-hybridized carbons (Fsp3) is 0.0952. The van der Waals surface area contributed by atoms with Gasteiger partial charge in [-0.3, -0.25) is 15.1 Å². The van der Waals surface area contributed by atoms with Gasteiger partial charge in [0, 0.05) is 28.1 Å². The van der Waals surface area contributed by atoms with E-state index in [0.29, 0.717) is 10.7 Å². The van der Waals surface area contributed by atoms with Crippen LogP contribution in [0.15, 0.2) is 60.1 Å². The number of nitrogens with zero attached hydrogens (tertiary/aromatic N) is 2. The van der Waals surface area contributed by atoms with Crippen molar-refractivity contribution in [3.05, 3.63) is 71.2 Å². The lowest BCUT2D eigenvalue weighted by molar-refractivity contribution is 0.102. The van der Waals surface area contributed by atoms with Crippen LogP contribution in [-0.2, 0) is 0 Å². The highest BCUT2D eigenvalue weighted by Gasteiger charge is 2.14. The van der Waals surface area contributed by atoms with E-state index in [2.05, 4.69) is 15.3 Å². The van der Waals surface area contributed by atoms with Crippen molar-refractivity contribution in [1.82, 2.24) is 9.97 Å². The highest BCUT2D eigenvalue weighted by molar-refractivity contribution is 7.14. The first-order valence-corrected chi connectivity index (χ1v) is 9.29. The second-order valence-corrected chi connectivity index (χ2v) is 6.93. The Morgan fingerprint density at radius 3 is 2.89 bits per heavy atom. The van der Waals surface area contributed by atoms with Crippen LogP contribution in [0.4, 0.5) is 5.13 Å². The van der Waals surface area contributed by atoms with Crippen LogP contribution in [0, 0.1) is 6.92 Å². The normalized spacial score (nSPS) is 10.7. The number of benzene rings is 2. The summed E-state index contributed by atoms with van der Waals surface area (Å²) >= 11 is 1.38. The van der Waals surface area contributed by atoms with E-state index in [0.717, 1.165) is 33.5 Å². The van der Waals surface area contributed by atoms with Crippen LogP contribution >= 0.6 is 11.3 Å². The van der Waals surface area contributed by atoms with Crippen LogP contribution in [0.1, 0.15) is 15.9 Å². The molecule has 2 heterocycles. The van der Waals surface area contributed by atoms with Gasteiger partial charge in [-0.05, 0) is 37.3 Å². The Hall–Kier alpha value is -3.25. The van der Waals surface area contributed by atoms with Crippen molar-refractivity contribution in [3.63, 3.8) is 0 Å². The van der Waals surface area contributed by atoms with Crippen molar-refractivity contribution in [3.8, 4) is 17.0 Å². The molecule has 0 aliphatic rings. The van der Waals surface area contributed by atoms with Gasteiger partial charge in [-0.2, -0.15) is 0 Å². The number of carbonyl (C=O) groups excluding carboxylic acids is 1. The molecule has 6 heteroatoms. The van der Waals surface area contributed by atoms with E-state index < -0.39 is 0 Å². The minimum Gasteiger partial charge on any atom is -0.496 e. The first-order valence-electron chi connectivity index (χ1n) is 8.41. The molecule has 0 saturated heterocycles. The number of ether oxygens (including phenoxy) is 1. The second-order valence-electron chi connectivity index (χ2n) is 6.07. The number of hydrogen-bond donors (Lipinski definition) is 1. The predicted molar refractivity (Wildman–Crippen MR) is 109 cm³/mol. The van der Waals surface area contributed by atoms with Gasteiger partial charge in [0.15, 0.2) is 5.13 Å². The molecule has 4 aromatic rings. The zero-order chi connectivity index (χ0) is 18.8. The first kappa shape index (κ1) is 17.2. The molecular formula is C21H17N3O2S.